The van der Waals surface area contributed by atoms with Crippen molar-refractivity contribution in [3.05, 3.63) is 124 Å². The number of carbonyl (C=O) groups is 2. The van der Waals surface area contributed by atoms with Crippen molar-refractivity contribution in [2.75, 3.05) is 17.5 Å². The van der Waals surface area contributed by atoms with E-state index in [1.807, 2.05) is 51.1 Å². The summed E-state index contributed by atoms with van der Waals surface area (Å²) in [6.45, 7) is 5.53. The van der Waals surface area contributed by atoms with E-state index >= 15 is 0 Å². The average Bonchev–Trinajstić information content (AvgIpc) is 3.07. The van der Waals surface area contributed by atoms with Crippen LogP contribution in [0.2, 0.25) is 10.0 Å². The van der Waals surface area contributed by atoms with E-state index < -0.39 is 28.5 Å². The van der Waals surface area contributed by atoms with Gasteiger partial charge in [0.2, 0.25) is 11.8 Å². The molecule has 0 aliphatic carbocycles. The summed E-state index contributed by atoms with van der Waals surface area (Å²) in [4.78, 5) is 29.9. The Bertz CT molecular complexity index is 1740. The molecule has 0 fully saturated rings. The highest BCUT2D eigenvalue weighted by molar-refractivity contribution is 7.92. The number of benzene rings is 4. The fourth-order valence-corrected chi connectivity index (χ4v) is 6.69. The van der Waals surface area contributed by atoms with E-state index in [-0.39, 0.29) is 29.8 Å². The minimum Gasteiger partial charge on any atom is -0.494 e. The average molecular weight is 697 g/mol. The number of amides is 2. The van der Waals surface area contributed by atoms with Crippen LogP contribution in [-0.4, -0.2) is 50.4 Å². The first kappa shape index (κ1) is 35.8. The molecule has 0 aliphatic heterocycles. The molecule has 4 aromatic rings. The summed E-state index contributed by atoms with van der Waals surface area (Å²) < 4.78 is 34.9. The number of carbonyl (C=O) groups excluding carboxylic acids is 2. The third-order valence-electron chi connectivity index (χ3n) is 7.65. The molecule has 0 saturated carbocycles. The summed E-state index contributed by atoms with van der Waals surface area (Å²) in [5, 5.41) is 3.67. The maximum absolute atomic E-state index is 14.6. The third kappa shape index (κ3) is 9.50. The summed E-state index contributed by atoms with van der Waals surface area (Å²) in [6.07, 6.45) is 0.889. The Morgan fingerprint density at radius 3 is 2.06 bits per heavy atom. The van der Waals surface area contributed by atoms with Crippen molar-refractivity contribution in [3.63, 3.8) is 0 Å². The molecule has 0 heterocycles. The molecule has 0 spiro atoms. The number of hydrogen-bond donors (Lipinski definition) is 1. The molecule has 2 amide bonds. The van der Waals surface area contributed by atoms with Crippen LogP contribution in [0.15, 0.2) is 108 Å². The summed E-state index contributed by atoms with van der Waals surface area (Å²) in [7, 11) is -4.24. The lowest BCUT2D eigenvalue weighted by atomic mass is 10.0. The van der Waals surface area contributed by atoms with Gasteiger partial charge in [0.05, 0.1) is 27.2 Å². The quantitative estimate of drug-likeness (QED) is 0.143. The SMILES string of the molecule is CCOc1ccc(S(=O)(=O)N(CC(=O)N(Cc2ccc(Cl)c(Cl)c2)C(Cc2ccccc2)C(=O)NC(C)CC)c2ccccc2)cc1. The van der Waals surface area contributed by atoms with Gasteiger partial charge < -0.3 is 15.0 Å². The van der Waals surface area contributed by atoms with E-state index in [0.717, 1.165) is 9.87 Å². The van der Waals surface area contributed by atoms with Gasteiger partial charge >= 0.3 is 0 Å². The van der Waals surface area contributed by atoms with Crippen LogP contribution in [0.1, 0.15) is 38.3 Å². The van der Waals surface area contributed by atoms with E-state index in [9.17, 15) is 18.0 Å². The Balaban J connectivity index is 1.79. The number of ether oxygens (including phenoxy) is 1. The van der Waals surface area contributed by atoms with Crippen molar-refractivity contribution in [1.29, 1.82) is 0 Å². The summed E-state index contributed by atoms with van der Waals surface area (Å²) >= 11 is 12.5. The highest BCUT2D eigenvalue weighted by Gasteiger charge is 2.35. The lowest BCUT2D eigenvalue weighted by Crippen LogP contribution is -2.54. The largest absolute Gasteiger partial charge is 0.494 e. The van der Waals surface area contributed by atoms with E-state index in [1.54, 1.807) is 60.7 Å². The predicted octanol–water partition coefficient (Wildman–Crippen LogP) is 7.14. The molecule has 0 aromatic heterocycles. The topological polar surface area (TPSA) is 96.0 Å². The highest BCUT2D eigenvalue weighted by Crippen LogP contribution is 2.28. The van der Waals surface area contributed by atoms with Crippen LogP contribution in [0.25, 0.3) is 0 Å². The van der Waals surface area contributed by atoms with Gasteiger partial charge in [-0.25, -0.2) is 8.42 Å². The van der Waals surface area contributed by atoms with E-state index in [2.05, 4.69) is 5.32 Å². The van der Waals surface area contributed by atoms with E-state index in [4.69, 9.17) is 27.9 Å². The van der Waals surface area contributed by atoms with Gasteiger partial charge in [-0.3, -0.25) is 13.9 Å². The molecule has 4 aromatic carbocycles. The van der Waals surface area contributed by atoms with Gasteiger partial charge in [-0.1, -0.05) is 84.7 Å². The van der Waals surface area contributed by atoms with Crippen molar-refractivity contribution in [2.24, 2.45) is 0 Å². The first-order chi connectivity index (χ1) is 22.5. The van der Waals surface area contributed by atoms with Crippen molar-refractivity contribution in [1.82, 2.24) is 10.2 Å². The first-order valence-corrected chi connectivity index (χ1v) is 17.6. The second kappa shape index (κ2) is 16.7. The Hall–Kier alpha value is -4.05. The molecule has 0 saturated heterocycles. The second-order valence-corrected chi connectivity index (χ2v) is 13.7. The Kier molecular flexibility index (Phi) is 12.7. The molecule has 11 heteroatoms. The standard InChI is InChI=1S/C36H39Cl2N3O5S/c1-4-26(3)39-36(43)34(23-27-12-8-6-9-13-27)40(24-28-16-21-32(37)33(38)22-28)35(42)25-41(29-14-10-7-11-15-29)47(44,45)31-19-17-30(18-20-31)46-5-2/h6-22,26,34H,4-5,23-25H2,1-3H3,(H,39,43). The van der Waals surface area contributed by atoms with Gasteiger partial charge in [-0.05, 0) is 79.9 Å². The monoisotopic (exact) mass is 695 g/mol. The number of hydrogen-bond acceptors (Lipinski definition) is 5. The Morgan fingerprint density at radius 2 is 1.47 bits per heavy atom. The van der Waals surface area contributed by atoms with Crippen LogP contribution < -0.4 is 14.4 Å². The van der Waals surface area contributed by atoms with Gasteiger partial charge in [-0.2, -0.15) is 0 Å². The van der Waals surface area contributed by atoms with Crippen LogP contribution in [0.5, 0.6) is 5.75 Å². The van der Waals surface area contributed by atoms with Gasteiger partial charge in [0.1, 0.15) is 18.3 Å². The lowest BCUT2D eigenvalue weighted by Gasteiger charge is -2.34. The molecule has 0 bridgehead atoms. The van der Waals surface area contributed by atoms with Gasteiger partial charge in [0.15, 0.2) is 0 Å². The van der Waals surface area contributed by atoms with E-state index in [0.29, 0.717) is 40.1 Å². The van der Waals surface area contributed by atoms with Gasteiger partial charge in [0.25, 0.3) is 10.0 Å². The lowest BCUT2D eigenvalue weighted by molar-refractivity contribution is -0.140. The third-order valence-corrected chi connectivity index (χ3v) is 10.2. The van der Waals surface area contributed by atoms with Crippen LogP contribution in [0.3, 0.4) is 0 Å². The molecule has 248 valence electrons. The molecule has 1 N–H and O–H groups in total. The normalized spacial score (nSPS) is 12.5. The maximum Gasteiger partial charge on any atom is 0.264 e. The molecule has 4 rings (SSSR count). The number of para-hydroxylation sites is 1. The fraction of sp³-hybridized carbons (Fsp3) is 0.278. The Morgan fingerprint density at radius 1 is 0.830 bits per heavy atom. The fourth-order valence-electron chi connectivity index (χ4n) is 4.95. The van der Waals surface area contributed by atoms with Gasteiger partial charge in [0, 0.05) is 19.0 Å². The number of sulfonamides is 1. The maximum atomic E-state index is 14.6. The van der Waals surface area contributed by atoms with Crippen molar-refractivity contribution in [2.45, 2.75) is 57.1 Å². The molecule has 2 atom stereocenters. The summed E-state index contributed by atoms with van der Waals surface area (Å²) in [5.41, 5.74) is 1.77. The minimum absolute atomic E-state index is 0.0102. The molecular formula is C36H39Cl2N3O5S. The molecule has 0 radical (unpaired) electrons. The molecule has 47 heavy (non-hydrogen) atoms. The van der Waals surface area contributed by atoms with Crippen LogP contribution in [-0.2, 0) is 32.6 Å². The van der Waals surface area contributed by atoms with Crippen molar-refractivity contribution < 1.29 is 22.7 Å². The number of nitrogens with zero attached hydrogens (tertiary/aromatic N) is 2. The smallest absolute Gasteiger partial charge is 0.264 e. The van der Waals surface area contributed by atoms with Crippen LogP contribution >= 0.6 is 23.2 Å². The number of nitrogens with one attached hydrogen (secondary N) is 1. The molecule has 2 unspecified atom stereocenters. The number of rotatable bonds is 15. The summed E-state index contributed by atoms with van der Waals surface area (Å²) in [5.74, 6) is -0.399. The van der Waals surface area contributed by atoms with Crippen LogP contribution in [0, 0.1) is 0 Å². The number of anilines is 1. The zero-order valence-electron chi connectivity index (χ0n) is 26.6. The first-order valence-electron chi connectivity index (χ1n) is 15.4. The van der Waals surface area contributed by atoms with Crippen molar-refractivity contribution >= 4 is 50.7 Å². The Labute approximate surface area is 287 Å². The second-order valence-electron chi connectivity index (χ2n) is 11.0. The van der Waals surface area contributed by atoms with E-state index in [1.165, 1.54) is 17.0 Å². The van der Waals surface area contributed by atoms with Crippen LogP contribution in [0.4, 0.5) is 5.69 Å². The van der Waals surface area contributed by atoms with Gasteiger partial charge in [-0.15, -0.1) is 0 Å². The van der Waals surface area contributed by atoms with Crippen molar-refractivity contribution in [3.8, 4) is 5.75 Å². The molecule has 8 nitrogen and oxygen atoms in total. The molecular weight excluding hydrogens is 657 g/mol. The summed E-state index contributed by atoms with van der Waals surface area (Å²) in [6, 6.07) is 27.7. The zero-order valence-corrected chi connectivity index (χ0v) is 28.9. The predicted molar refractivity (Wildman–Crippen MR) is 187 cm³/mol. The zero-order chi connectivity index (χ0) is 34.0. The highest BCUT2D eigenvalue weighted by atomic mass is 35.5. The number of halogens is 2. The molecule has 0 aliphatic rings. The minimum atomic E-state index is -4.24.